The van der Waals surface area contributed by atoms with Gasteiger partial charge in [-0.25, -0.2) is 9.78 Å². The molecule has 0 spiro atoms. The second-order valence-corrected chi connectivity index (χ2v) is 8.74. The van der Waals surface area contributed by atoms with Crippen LogP contribution in [0.5, 0.6) is 5.75 Å². The van der Waals surface area contributed by atoms with Crippen LogP contribution in [0.1, 0.15) is 20.7 Å². The van der Waals surface area contributed by atoms with Gasteiger partial charge in [0.1, 0.15) is 12.3 Å². The third-order valence-corrected chi connectivity index (χ3v) is 6.14. The maximum Gasteiger partial charge on any atom is 0.337 e. The molecule has 0 aliphatic carbocycles. The molecule has 1 aromatic heterocycles. The van der Waals surface area contributed by atoms with Crippen molar-refractivity contribution in [1.29, 1.82) is 0 Å². The van der Waals surface area contributed by atoms with Crippen LogP contribution in [0.3, 0.4) is 0 Å². The van der Waals surface area contributed by atoms with Crippen LogP contribution in [0.25, 0.3) is 11.3 Å². The van der Waals surface area contributed by atoms with E-state index in [0.29, 0.717) is 33.4 Å². The summed E-state index contributed by atoms with van der Waals surface area (Å²) in [7, 11) is 2.83. The van der Waals surface area contributed by atoms with Crippen molar-refractivity contribution < 1.29 is 23.9 Å². The number of aromatic nitrogens is 1. The highest BCUT2D eigenvalue weighted by molar-refractivity contribution is 7.13. The van der Waals surface area contributed by atoms with Gasteiger partial charge in [0.15, 0.2) is 5.13 Å². The van der Waals surface area contributed by atoms with Gasteiger partial charge >= 0.3 is 5.97 Å². The highest BCUT2D eigenvalue weighted by Crippen LogP contribution is 2.25. The molecule has 0 saturated carbocycles. The summed E-state index contributed by atoms with van der Waals surface area (Å²) in [5.74, 6) is -0.686. The van der Waals surface area contributed by atoms with Crippen LogP contribution in [0.4, 0.5) is 16.5 Å². The fourth-order valence-electron chi connectivity index (χ4n) is 3.55. The number of hydrogen-bond acceptors (Lipinski definition) is 8. The predicted molar refractivity (Wildman–Crippen MR) is 150 cm³/mol. The number of anilines is 3. The fraction of sp³-hybridized carbons (Fsp3) is 0.111. The molecule has 0 atom stereocenters. The van der Waals surface area contributed by atoms with Crippen molar-refractivity contribution in [2.24, 2.45) is 0 Å². The molecule has 4 aromatic rings. The number of thiazole rings is 1. The average Bonchev–Trinajstić information content (AvgIpc) is 3.37. The number of nitrogens with two attached hydrogens (primary N) is 1. The molecule has 196 valence electrons. The number of nitrogens with one attached hydrogen (secondary N) is 1. The zero-order chi connectivity index (χ0) is 26.4. The molecule has 4 rings (SSSR count). The highest BCUT2D eigenvalue weighted by atomic mass is 35.5. The van der Waals surface area contributed by atoms with Crippen molar-refractivity contribution in [3.8, 4) is 17.0 Å². The molecular formula is C27H25ClN4O5S. The number of amides is 2. The lowest BCUT2D eigenvalue weighted by Gasteiger charge is -2.23. The van der Waals surface area contributed by atoms with Crippen LogP contribution in [0.2, 0.25) is 0 Å². The van der Waals surface area contributed by atoms with Gasteiger partial charge in [-0.2, -0.15) is 0 Å². The summed E-state index contributed by atoms with van der Waals surface area (Å²) >= 11 is 1.35. The van der Waals surface area contributed by atoms with Gasteiger partial charge in [-0.15, -0.1) is 23.7 Å². The second kappa shape index (κ2) is 12.7. The van der Waals surface area contributed by atoms with E-state index in [-0.39, 0.29) is 24.9 Å². The molecule has 11 heteroatoms. The minimum absolute atomic E-state index is 0. The smallest absolute Gasteiger partial charge is 0.337 e. The summed E-state index contributed by atoms with van der Waals surface area (Å²) in [6.07, 6.45) is 0. The highest BCUT2D eigenvalue weighted by Gasteiger charge is 2.22. The van der Waals surface area contributed by atoms with Crippen LogP contribution >= 0.6 is 23.7 Å². The Hall–Kier alpha value is -4.41. The molecular weight excluding hydrogens is 528 g/mol. The lowest BCUT2D eigenvalue weighted by molar-refractivity contribution is -0.114. The Morgan fingerprint density at radius 1 is 0.921 bits per heavy atom. The van der Waals surface area contributed by atoms with Crippen molar-refractivity contribution >= 4 is 58.0 Å². The van der Waals surface area contributed by atoms with Crippen LogP contribution < -0.4 is 20.7 Å². The molecule has 3 N–H and O–H groups in total. The lowest BCUT2D eigenvalue weighted by atomic mass is 10.1. The number of carbonyl (C=O) groups excluding carboxylic acids is 3. The van der Waals surface area contributed by atoms with Crippen LogP contribution in [-0.2, 0) is 9.53 Å². The van der Waals surface area contributed by atoms with Crippen molar-refractivity contribution in [3.63, 3.8) is 0 Å². The second-order valence-electron chi connectivity index (χ2n) is 7.85. The van der Waals surface area contributed by atoms with E-state index < -0.39 is 11.9 Å². The first-order valence-electron chi connectivity index (χ1n) is 11.1. The maximum absolute atomic E-state index is 13.4. The molecule has 9 nitrogen and oxygen atoms in total. The molecule has 0 saturated heterocycles. The maximum atomic E-state index is 13.4. The van der Waals surface area contributed by atoms with E-state index in [0.717, 1.165) is 11.3 Å². The first-order chi connectivity index (χ1) is 17.9. The van der Waals surface area contributed by atoms with Crippen molar-refractivity contribution in [1.82, 2.24) is 4.98 Å². The van der Waals surface area contributed by atoms with Crippen LogP contribution in [0.15, 0.2) is 78.2 Å². The number of hydrogen-bond donors (Lipinski definition) is 2. The van der Waals surface area contributed by atoms with Gasteiger partial charge in [-0.05, 0) is 60.7 Å². The molecule has 0 aliphatic heterocycles. The van der Waals surface area contributed by atoms with Crippen molar-refractivity contribution in [2.45, 2.75) is 0 Å². The molecule has 38 heavy (non-hydrogen) atoms. The number of benzene rings is 3. The third kappa shape index (κ3) is 6.67. The number of ether oxygens (including phenoxy) is 2. The lowest BCUT2D eigenvalue weighted by Crippen LogP contribution is -2.38. The van der Waals surface area contributed by atoms with E-state index >= 15 is 0 Å². The SMILES string of the molecule is COC(=O)c1ccc(C(=O)N(CC(=O)Nc2ccc(-c3csc(N)n3)cc2)c2ccc(OC)cc2)cc1.Cl. The summed E-state index contributed by atoms with van der Waals surface area (Å²) in [6, 6.07) is 20.0. The molecule has 3 aromatic carbocycles. The number of halogens is 1. The Labute approximate surface area is 229 Å². The van der Waals surface area contributed by atoms with Gasteiger partial charge in [0.05, 0.1) is 25.5 Å². The summed E-state index contributed by atoms with van der Waals surface area (Å²) in [6.45, 7) is -0.242. The van der Waals surface area contributed by atoms with Crippen LogP contribution in [0, 0.1) is 0 Å². The van der Waals surface area contributed by atoms with Gasteiger partial charge in [0.25, 0.3) is 5.91 Å². The largest absolute Gasteiger partial charge is 0.497 e. The Morgan fingerprint density at radius 2 is 1.55 bits per heavy atom. The van der Waals surface area contributed by atoms with Gasteiger partial charge in [0, 0.05) is 27.9 Å². The van der Waals surface area contributed by atoms with Gasteiger partial charge in [0.2, 0.25) is 5.91 Å². The van der Waals surface area contributed by atoms with Gasteiger partial charge in [-0.1, -0.05) is 12.1 Å². The predicted octanol–water partition coefficient (Wildman–Crippen LogP) is 4.89. The normalized spacial score (nSPS) is 10.2. The quantitative estimate of drug-likeness (QED) is 0.298. The molecule has 0 unspecified atom stereocenters. The summed E-state index contributed by atoms with van der Waals surface area (Å²) in [5.41, 5.74) is 9.04. The van der Waals surface area contributed by atoms with E-state index in [1.807, 2.05) is 17.5 Å². The average molecular weight is 553 g/mol. The standard InChI is InChI=1S/C27H24N4O5S.ClH/c1-35-22-13-11-21(12-14-22)31(25(33)18-3-5-19(6-4-18)26(34)36-2)15-24(32)29-20-9-7-17(8-10-20)23-16-37-27(28)30-23;/h3-14,16H,15H2,1-2H3,(H2,28,30)(H,29,32);1H. The molecule has 0 aliphatic rings. The molecule has 0 bridgehead atoms. The minimum atomic E-state index is -0.505. The van der Waals surface area contributed by atoms with E-state index in [2.05, 4.69) is 10.3 Å². The van der Waals surface area contributed by atoms with Gasteiger partial charge < -0.3 is 20.5 Å². The van der Waals surface area contributed by atoms with E-state index in [4.69, 9.17) is 15.2 Å². The van der Waals surface area contributed by atoms with E-state index in [1.165, 1.54) is 47.6 Å². The van der Waals surface area contributed by atoms with Crippen molar-refractivity contribution in [2.75, 3.05) is 36.7 Å². The fourth-order valence-corrected chi connectivity index (χ4v) is 4.13. The number of esters is 1. The summed E-state index contributed by atoms with van der Waals surface area (Å²) in [5, 5.41) is 5.17. The third-order valence-electron chi connectivity index (χ3n) is 5.47. The van der Waals surface area contributed by atoms with E-state index in [9.17, 15) is 14.4 Å². The summed E-state index contributed by atoms with van der Waals surface area (Å²) < 4.78 is 9.92. The number of rotatable bonds is 8. The first-order valence-corrected chi connectivity index (χ1v) is 12.0. The van der Waals surface area contributed by atoms with E-state index in [1.54, 1.807) is 43.5 Å². The zero-order valence-electron chi connectivity index (χ0n) is 20.5. The first kappa shape index (κ1) is 28.2. The Morgan fingerprint density at radius 3 is 2.11 bits per heavy atom. The molecule has 2 amide bonds. The zero-order valence-corrected chi connectivity index (χ0v) is 22.2. The number of nitrogen functional groups attached to an aromatic ring is 1. The van der Waals surface area contributed by atoms with Gasteiger partial charge in [-0.3, -0.25) is 14.5 Å². The number of carbonyl (C=O) groups is 3. The Kier molecular flexibility index (Phi) is 9.42. The monoisotopic (exact) mass is 552 g/mol. The van der Waals surface area contributed by atoms with Crippen LogP contribution in [-0.4, -0.2) is 43.5 Å². The number of methoxy groups -OCH3 is 2. The minimum Gasteiger partial charge on any atom is -0.497 e. The number of nitrogens with zero attached hydrogens (tertiary/aromatic N) is 2. The molecule has 1 heterocycles. The Bertz CT molecular complexity index is 1410. The topological polar surface area (TPSA) is 124 Å². The van der Waals surface area contributed by atoms with Crippen molar-refractivity contribution in [3.05, 3.63) is 89.3 Å². The summed E-state index contributed by atoms with van der Waals surface area (Å²) in [4.78, 5) is 43.8. The molecule has 0 fully saturated rings. The molecule has 0 radical (unpaired) electrons. The Balaban J connectivity index is 0.00000400.